The van der Waals surface area contributed by atoms with Crippen LogP contribution in [0.3, 0.4) is 0 Å². The van der Waals surface area contributed by atoms with Crippen molar-refractivity contribution < 1.29 is 24.1 Å². The Balaban J connectivity index is 1.67. The molecule has 1 atom stereocenters. The van der Waals surface area contributed by atoms with E-state index in [1.165, 1.54) is 7.11 Å². The molecule has 2 heterocycles. The van der Waals surface area contributed by atoms with E-state index in [-0.39, 0.29) is 12.5 Å². The number of methoxy groups -OCH3 is 1. The Morgan fingerprint density at radius 2 is 2.07 bits per heavy atom. The highest BCUT2D eigenvalue weighted by Gasteiger charge is 2.19. The van der Waals surface area contributed by atoms with E-state index in [2.05, 4.69) is 15.5 Å². The molecule has 30 heavy (non-hydrogen) atoms. The number of ether oxygens (including phenoxy) is 3. The minimum atomic E-state index is -0.637. The van der Waals surface area contributed by atoms with Crippen LogP contribution >= 0.6 is 0 Å². The second-order valence-electron chi connectivity index (χ2n) is 6.97. The van der Waals surface area contributed by atoms with Gasteiger partial charge in [-0.25, -0.2) is 0 Å². The largest absolute Gasteiger partial charge is 0.495 e. The van der Waals surface area contributed by atoms with Crippen LogP contribution in [0.4, 0.5) is 0 Å². The number of rotatable bonds is 6. The predicted octanol–water partition coefficient (Wildman–Crippen LogP) is 2.62. The molecule has 1 aliphatic heterocycles. The number of aliphatic hydroxyl groups excluding tert-OH is 1. The number of amides is 1. The molecular formula is C22H23N3O5. The van der Waals surface area contributed by atoms with Gasteiger partial charge in [0.1, 0.15) is 19.0 Å². The molecule has 0 saturated carbocycles. The number of H-pyrrole nitrogens is 1. The van der Waals surface area contributed by atoms with Crippen molar-refractivity contribution in [3.63, 3.8) is 0 Å². The SMILES string of the molecule is COc1c(C(=O)NCC(C)O)ccc2[nH]nc(C=Cc3ccc4c(c3)OCCO4)c12. The van der Waals surface area contributed by atoms with E-state index in [0.29, 0.717) is 41.4 Å². The Hall–Kier alpha value is -3.52. The fourth-order valence-corrected chi connectivity index (χ4v) is 3.29. The second kappa shape index (κ2) is 8.46. The highest BCUT2D eigenvalue weighted by Crippen LogP contribution is 2.34. The maximum atomic E-state index is 12.5. The van der Waals surface area contributed by atoms with Crippen LogP contribution < -0.4 is 19.5 Å². The molecule has 2 aromatic carbocycles. The fraction of sp³-hybridized carbons (Fsp3) is 0.273. The quantitative estimate of drug-likeness (QED) is 0.578. The van der Waals surface area contributed by atoms with E-state index in [1.807, 2.05) is 30.4 Å². The number of nitrogens with zero attached hydrogens (tertiary/aromatic N) is 1. The first kappa shape index (κ1) is 19.8. The van der Waals surface area contributed by atoms with Gasteiger partial charge in [0, 0.05) is 6.54 Å². The lowest BCUT2D eigenvalue weighted by atomic mass is 10.1. The first-order valence-electron chi connectivity index (χ1n) is 9.66. The zero-order chi connectivity index (χ0) is 21.1. The maximum Gasteiger partial charge on any atom is 0.255 e. The van der Waals surface area contributed by atoms with Gasteiger partial charge in [-0.3, -0.25) is 9.89 Å². The third-order valence-corrected chi connectivity index (χ3v) is 4.72. The maximum absolute atomic E-state index is 12.5. The number of benzene rings is 2. The zero-order valence-corrected chi connectivity index (χ0v) is 16.8. The lowest BCUT2D eigenvalue weighted by Crippen LogP contribution is -2.30. The molecule has 8 nitrogen and oxygen atoms in total. The first-order valence-corrected chi connectivity index (χ1v) is 9.66. The van der Waals surface area contributed by atoms with E-state index in [4.69, 9.17) is 14.2 Å². The molecule has 0 spiro atoms. The van der Waals surface area contributed by atoms with Crippen molar-refractivity contribution >= 4 is 29.0 Å². The molecule has 0 aliphatic carbocycles. The topological polar surface area (TPSA) is 106 Å². The lowest BCUT2D eigenvalue weighted by Gasteiger charge is -2.18. The highest BCUT2D eigenvalue weighted by atomic mass is 16.6. The number of fused-ring (bicyclic) bond motifs is 2. The predicted molar refractivity (Wildman–Crippen MR) is 113 cm³/mol. The van der Waals surface area contributed by atoms with Crippen molar-refractivity contribution in [2.24, 2.45) is 0 Å². The van der Waals surface area contributed by atoms with E-state index in [0.717, 1.165) is 16.8 Å². The van der Waals surface area contributed by atoms with Gasteiger partial charge in [0.05, 0.1) is 35.4 Å². The Morgan fingerprint density at radius 3 is 2.83 bits per heavy atom. The minimum absolute atomic E-state index is 0.155. The summed E-state index contributed by atoms with van der Waals surface area (Å²) in [4.78, 5) is 12.5. The molecule has 0 saturated heterocycles. The molecule has 1 unspecified atom stereocenters. The monoisotopic (exact) mass is 409 g/mol. The number of hydrogen-bond acceptors (Lipinski definition) is 6. The third kappa shape index (κ3) is 3.95. The van der Waals surface area contributed by atoms with Gasteiger partial charge in [-0.1, -0.05) is 12.1 Å². The summed E-state index contributed by atoms with van der Waals surface area (Å²) >= 11 is 0. The van der Waals surface area contributed by atoms with Gasteiger partial charge in [-0.2, -0.15) is 5.10 Å². The molecule has 3 aromatic rings. The lowest BCUT2D eigenvalue weighted by molar-refractivity contribution is 0.0921. The van der Waals surface area contributed by atoms with Gasteiger partial charge in [0.25, 0.3) is 5.91 Å². The van der Waals surface area contributed by atoms with Crippen LogP contribution in [-0.2, 0) is 0 Å². The fourth-order valence-electron chi connectivity index (χ4n) is 3.29. The second-order valence-corrected chi connectivity index (χ2v) is 6.97. The number of carbonyl (C=O) groups excluding carboxylic acids is 1. The summed E-state index contributed by atoms with van der Waals surface area (Å²) in [5, 5.41) is 20.1. The molecule has 1 amide bonds. The van der Waals surface area contributed by atoms with Crippen LogP contribution in [0.25, 0.3) is 23.1 Å². The summed E-state index contributed by atoms with van der Waals surface area (Å²) in [5.41, 5.74) is 2.70. The average Bonchev–Trinajstić information content (AvgIpc) is 3.18. The van der Waals surface area contributed by atoms with Gasteiger partial charge >= 0.3 is 0 Å². The molecule has 0 fully saturated rings. The van der Waals surface area contributed by atoms with Crippen LogP contribution in [0.2, 0.25) is 0 Å². The van der Waals surface area contributed by atoms with E-state index >= 15 is 0 Å². The number of aromatic amines is 1. The Bertz CT molecular complexity index is 1100. The summed E-state index contributed by atoms with van der Waals surface area (Å²) in [6.45, 7) is 2.84. The molecule has 1 aromatic heterocycles. The highest BCUT2D eigenvalue weighted by molar-refractivity contribution is 6.05. The van der Waals surface area contributed by atoms with Gasteiger partial charge in [0.2, 0.25) is 0 Å². The number of aromatic nitrogens is 2. The molecule has 156 valence electrons. The van der Waals surface area contributed by atoms with Gasteiger partial charge in [-0.05, 0) is 42.8 Å². The normalized spacial score (nSPS) is 14.1. The van der Waals surface area contributed by atoms with Crippen LogP contribution in [0, 0.1) is 0 Å². The standard InChI is InChI=1S/C22H23N3O5/c1-13(26)12-23-22(27)15-5-7-17-20(21(15)28-2)16(24-25-17)6-3-14-4-8-18-19(11-14)30-10-9-29-18/h3-8,11,13,26H,9-10,12H2,1-2H3,(H,23,27)(H,24,25). The summed E-state index contributed by atoms with van der Waals surface area (Å²) in [6, 6.07) is 9.17. The Kier molecular flexibility index (Phi) is 5.58. The van der Waals surface area contributed by atoms with Crippen molar-refractivity contribution in [3.8, 4) is 17.2 Å². The van der Waals surface area contributed by atoms with Crippen LogP contribution in [0.15, 0.2) is 30.3 Å². The molecule has 1 aliphatic rings. The van der Waals surface area contributed by atoms with Gasteiger partial charge < -0.3 is 24.6 Å². The molecule has 4 rings (SSSR count). The molecule has 3 N–H and O–H groups in total. The number of aliphatic hydroxyl groups is 1. The minimum Gasteiger partial charge on any atom is -0.495 e. The summed E-state index contributed by atoms with van der Waals surface area (Å²) in [6.07, 6.45) is 3.12. The third-order valence-electron chi connectivity index (χ3n) is 4.72. The van der Waals surface area contributed by atoms with Crippen molar-refractivity contribution in [2.75, 3.05) is 26.9 Å². The van der Waals surface area contributed by atoms with Crippen LogP contribution in [-0.4, -0.2) is 54.2 Å². The first-order chi connectivity index (χ1) is 14.6. The average molecular weight is 409 g/mol. The number of carbonyl (C=O) groups is 1. The molecule has 0 bridgehead atoms. The summed E-state index contributed by atoms with van der Waals surface area (Å²) in [5.74, 6) is 1.55. The molecular weight excluding hydrogens is 386 g/mol. The zero-order valence-electron chi connectivity index (χ0n) is 16.8. The number of nitrogens with one attached hydrogen (secondary N) is 2. The summed E-state index contributed by atoms with van der Waals surface area (Å²) in [7, 11) is 1.52. The van der Waals surface area contributed by atoms with Crippen molar-refractivity contribution in [1.29, 1.82) is 0 Å². The number of hydrogen-bond donors (Lipinski definition) is 3. The smallest absolute Gasteiger partial charge is 0.255 e. The Labute approximate surface area is 173 Å². The molecule has 0 radical (unpaired) electrons. The van der Waals surface area contributed by atoms with E-state index in [1.54, 1.807) is 19.1 Å². The van der Waals surface area contributed by atoms with Crippen LogP contribution in [0.5, 0.6) is 17.2 Å². The van der Waals surface area contributed by atoms with Crippen molar-refractivity contribution in [3.05, 3.63) is 47.2 Å². The Morgan fingerprint density at radius 1 is 1.27 bits per heavy atom. The van der Waals surface area contributed by atoms with Crippen molar-refractivity contribution in [2.45, 2.75) is 13.0 Å². The van der Waals surface area contributed by atoms with E-state index < -0.39 is 6.10 Å². The van der Waals surface area contributed by atoms with Crippen molar-refractivity contribution in [1.82, 2.24) is 15.5 Å². The molecule has 8 heteroatoms. The van der Waals surface area contributed by atoms with Gasteiger partial charge in [0.15, 0.2) is 11.5 Å². The van der Waals surface area contributed by atoms with Gasteiger partial charge in [-0.15, -0.1) is 0 Å². The summed E-state index contributed by atoms with van der Waals surface area (Å²) < 4.78 is 16.7. The van der Waals surface area contributed by atoms with E-state index in [9.17, 15) is 9.90 Å². The van der Waals surface area contributed by atoms with Crippen LogP contribution in [0.1, 0.15) is 28.5 Å².